The van der Waals surface area contributed by atoms with Gasteiger partial charge in [-0.2, -0.15) is 5.10 Å². The predicted molar refractivity (Wildman–Crippen MR) is 85.4 cm³/mol. The van der Waals surface area contributed by atoms with Crippen molar-refractivity contribution >= 4 is 5.97 Å². The second-order valence-electron chi connectivity index (χ2n) is 4.96. The summed E-state index contributed by atoms with van der Waals surface area (Å²) in [5.74, 6) is -0.231. The molecule has 3 aromatic rings. The van der Waals surface area contributed by atoms with E-state index in [9.17, 15) is 9.90 Å². The Labute approximate surface area is 132 Å². The van der Waals surface area contributed by atoms with Crippen molar-refractivity contribution in [3.63, 3.8) is 0 Å². The smallest absolute Gasteiger partial charge is 0.339 e. The molecule has 0 amide bonds. The van der Waals surface area contributed by atoms with Crippen molar-refractivity contribution in [1.29, 1.82) is 0 Å². The van der Waals surface area contributed by atoms with Gasteiger partial charge in [0.25, 0.3) is 0 Å². The Morgan fingerprint density at radius 2 is 2.09 bits per heavy atom. The molecule has 4 N–H and O–H groups in total. The van der Waals surface area contributed by atoms with Crippen LogP contribution >= 0.6 is 0 Å². The fourth-order valence-electron chi connectivity index (χ4n) is 2.24. The van der Waals surface area contributed by atoms with Gasteiger partial charge in [-0.05, 0) is 35.4 Å². The van der Waals surface area contributed by atoms with Crippen molar-refractivity contribution in [3.8, 4) is 22.6 Å². The molecule has 0 aliphatic heterocycles. The van der Waals surface area contributed by atoms with Crippen molar-refractivity contribution in [2.45, 2.75) is 6.54 Å². The molecular weight excluding hydrogens is 294 g/mol. The highest BCUT2D eigenvalue weighted by Gasteiger charge is 2.14. The third-order valence-corrected chi connectivity index (χ3v) is 3.40. The SMILES string of the molecule is NCc1cccc(Oc2ccc(-c3cn[nH]c3)cc2C(=O)O)c1. The zero-order chi connectivity index (χ0) is 16.2. The van der Waals surface area contributed by atoms with Crippen LogP contribution in [0.5, 0.6) is 11.5 Å². The van der Waals surface area contributed by atoms with E-state index in [2.05, 4.69) is 10.2 Å². The van der Waals surface area contributed by atoms with E-state index in [0.29, 0.717) is 12.3 Å². The summed E-state index contributed by atoms with van der Waals surface area (Å²) in [6, 6.07) is 12.2. The van der Waals surface area contributed by atoms with Crippen LogP contribution in [0.1, 0.15) is 15.9 Å². The van der Waals surface area contributed by atoms with Gasteiger partial charge in [-0.1, -0.05) is 18.2 Å². The maximum Gasteiger partial charge on any atom is 0.339 e. The number of benzene rings is 2. The van der Waals surface area contributed by atoms with Crippen LogP contribution in [0.3, 0.4) is 0 Å². The number of aromatic amines is 1. The van der Waals surface area contributed by atoms with Crippen LogP contribution in [0, 0.1) is 0 Å². The Hall–Kier alpha value is -3.12. The quantitative estimate of drug-likeness (QED) is 0.672. The molecule has 116 valence electrons. The number of carboxylic acid groups (broad SMARTS) is 1. The molecule has 0 radical (unpaired) electrons. The highest BCUT2D eigenvalue weighted by Crippen LogP contribution is 2.30. The molecule has 0 unspecified atom stereocenters. The van der Waals surface area contributed by atoms with Crippen LogP contribution < -0.4 is 10.5 Å². The van der Waals surface area contributed by atoms with Gasteiger partial charge in [0, 0.05) is 18.3 Å². The van der Waals surface area contributed by atoms with Crippen molar-refractivity contribution in [2.24, 2.45) is 5.73 Å². The Balaban J connectivity index is 1.96. The molecule has 0 spiro atoms. The summed E-state index contributed by atoms with van der Waals surface area (Å²) in [6.45, 7) is 0.391. The highest BCUT2D eigenvalue weighted by atomic mass is 16.5. The number of H-pyrrole nitrogens is 1. The van der Waals surface area contributed by atoms with Crippen LogP contribution in [0.4, 0.5) is 0 Å². The van der Waals surface area contributed by atoms with E-state index in [4.69, 9.17) is 10.5 Å². The lowest BCUT2D eigenvalue weighted by atomic mass is 10.1. The second kappa shape index (κ2) is 6.33. The third kappa shape index (κ3) is 3.22. The zero-order valence-corrected chi connectivity index (χ0v) is 12.2. The molecular formula is C17H15N3O3. The van der Waals surface area contributed by atoms with E-state index in [1.54, 1.807) is 42.7 Å². The van der Waals surface area contributed by atoms with Crippen molar-refractivity contribution < 1.29 is 14.6 Å². The van der Waals surface area contributed by atoms with Gasteiger partial charge in [0.05, 0.1) is 6.20 Å². The van der Waals surface area contributed by atoms with Gasteiger partial charge in [0.2, 0.25) is 0 Å². The van der Waals surface area contributed by atoms with Gasteiger partial charge >= 0.3 is 5.97 Å². The summed E-state index contributed by atoms with van der Waals surface area (Å²) in [5.41, 5.74) is 8.16. The largest absolute Gasteiger partial charge is 0.478 e. The minimum atomic E-state index is -1.06. The van der Waals surface area contributed by atoms with E-state index >= 15 is 0 Å². The number of aromatic nitrogens is 2. The van der Waals surface area contributed by atoms with Crippen LogP contribution in [0.2, 0.25) is 0 Å². The number of hydrogen-bond acceptors (Lipinski definition) is 4. The molecule has 0 fully saturated rings. The number of nitrogens with two attached hydrogens (primary N) is 1. The van der Waals surface area contributed by atoms with Gasteiger partial charge in [-0.15, -0.1) is 0 Å². The molecule has 1 heterocycles. The lowest BCUT2D eigenvalue weighted by Crippen LogP contribution is -2.01. The molecule has 6 heteroatoms. The van der Waals surface area contributed by atoms with E-state index < -0.39 is 5.97 Å². The first-order valence-electron chi connectivity index (χ1n) is 7.01. The molecule has 3 rings (SSSR count). The third-order valence-electron chi connectivity index (χ3n) is 3.40. The first kappa shape index (κ1) is 14.8. The molecule has 0 bridgehead atoms. The topological polar surface area (TPSA) is 101 Å². The van der Waals surface area contributed by atoms with Gasteiger partial charge in [-0.25, -0.2) is 4.79 Å². The molecule has 0 atom stereocenters. The number of nitrogens with zero attached hydrogens (tertiary/aromatic N) is 1. The standard InChI is InChI=1S/C17H15N3O3/c18-8-11-2-1-3-14(6-11)23-16-5-4-12(7-15(16)17(21)22)13-9-19-20-10-13/h1-7,9-10H,8,18H2,(H,19,20)(H,21,22). The van der Waals surface area contributed by atoms with Crippen LogP contribution in [-0.2, 0) is 6.54 Å². The molecule has 6 nitrogen and oxygen atoms in total. The normalized spacial score (nSPS) is 10.5. The molecule has 0 saturated heterocycles. The summed E-state index contributed by atoms with van der Waals surface area (Å²) in [5, 5.41) is 16.0. The first-order valence-corrected chi connectivity index (χ1v) is 7.01. The molecule has 2 aromatic carbocycles. The summed E-state index contributed by atoms with van der Waals surface area (Å²) in [7, 11) is 0. The minimum Gasteiger partial charge on any atom is -0.478 e. The number of carbonyl (C=O) groups is 1. The number of ether oxygens (including phenoxy) is 1. The average molecular weight is 309 g/mol. The van der Waals surface area contributed by atoms with Gasteiger partial charge in [-0.3, -0.25) is 5.10 Å². The van der Waals surface area contributed by atoms with E-state index in [0.717, 1.165) is 16.7 Å². The summed E-state index contributed by atoms with van der Waals surface area (Å²) < 4.78 is 5.73. The Morgan fingerprint density at radius 1 is 1.22 bits per heavy atom. The minimum absolute atomic E-state index is 0.0850. The molecule has 0 saturated carbocycles. The molecule has 1 aromatic heterocycles. The van der Waals surface area contributed by atoms with Crippen molar-refractivity contribution in [3.05, 3.63) is 66.0 Å². The van der Waals surface area contributed by atoms with Crippen LogP contribution in [-0.4, -0.2) is 21.3 Å². The number of hydrogen-bond donors (Lipinski definition) is 3. The van der Waals surface area contributed by atoms with Crippen molar-refractivity contribution in [1.82, 2.24) is 10.2 Å². The Morgan fingerprint density at radius 3 is 2.78 bits per heavy atom. The number of nitrogens with one attached hydrogen (secondary N) is 1. The van der Waals surface area contributed by atoms with E-state index in [1.807, 2.05) is 12.1 Å². The van der Waals surface area contributed by atoms with Crippen LogP contribution in [0.15, 0.2) is 54.9 Å². The monoisotopic (exact) mass is 309 g/mol. The Bertz CT molecular complexity index is 829. The molecule has 23 heavy (non-hydrogen) atoms. The number of rotatable bonds is 5. The fourth-order valence-corrected chi connectivity index (χ4v) is 2.24. The molecule has 0 aliphatic rings. The van der Waals surface area contributed by atoms with Gasteiger partial charge in [0.1, 0.15) is 17.1 Å². The molecule has 0 aliphatic carbocycles. The average Bonchev–Trinajstić information content (AvgIpc) is 3.09. The fraction of sp³-hybridized carbons (Fsp3) is 0.0588. The summed E-state index contributed by atoms with van der Waals surface area (Å²) in [6.07, 6.45) is 3.33. The second-order valence-corrected chi connectivity index (χ2v) is 4.96. The first-order chi connectivity index (χ1) is 11.2. The van der Waals surface area contributed by atoms with Gasteiger partial charge < -0.3 is 15.6 Å². The number of aromatic carboxylic acids is 1. The summed E-state index contributed by atoms with van der Waals surface area (Å²) >= 11 is 0. The lowest BCUT2D eigenvalue weighted by Gasteiger charge is -2.11. The summed E-state index contributed by atoms with van der Waals surface area (Å²) in [4.78, 5) is 11.5. The van der Waals surface area contributed by atoms with E-state index in [1.165, 1.54) is 0 Å². The van der Waals surface area contributed by atoms with Crippen molar-refractivity contribution in [2.75, 3.05) is 0 Å². The van der Waals surface area contributed by atoms with Crippen LogP contribution in [0.25, 0.3) is 11.1 Å². The Kier molecular flexibility index (Phi) is 4.07. The predicted octanol–water partition coefficient (Wildman–Crippen LogP) is 3.03. The zero-order valence-electron chi connectivity index (χ0n) is 12.2. The van der Waals surface area contributed by atoms with E-state index in [-0.39, 0.29) is 11.3 Å². The maximum absolute atomic E-state index is 11.5. The highest BCUT2D eigenvalue weighted by molar-refractivity contribution is 5.92. The lowest BCUT2D eigenvalue weighted by molar-refractivity contribution is 0.0694. The van der Waals surface area contributed by atoms with Gasteiger partial charge in [0.15, 0.2) is 0 Å². The number of carboxylic acids is 1. The maximum atomic E-state index is 11.5.